The van der Waals surface area contributed by atoms with E-state index in [9.17, 15) is 9.59 Å². The molecule has 154 valence electrons. The van der Waals surface area contributed by atoms with E-state index >= 15 is 0 Å². The van der Waals surface area contributed by atoms with Crippen molar-refractivity contribution in [2.24, 2.45) is 10.9 Å². The fourth-order valence-corrected chi connectivity index (χ4v) is 3.45. The van der Waals surface area contributed by atoms with Crippen LogP contribution in [0.5, 0.6) is 0 Å². The van der Waals surface area contributed by atoms with Crippen molar-refractivity contribution in [1.82, 2.24) is 0 Å². The molecule has 1 heterocycles. The first-order chi connectivity index (χ1) is 13.6. The second-order valence-electron chi connectivity index (χ2n) is 6.68. The number of ether oxygens (including phenoxy) is 3. The summed E-state index contributed by atoms with van der Waals surface area (Å²) in [6, 6.07) is 10.2. The molecule has 1 N–H and O–H groups in total. The minimum Gasteiger partial charge on any atom is -0.465 e. The van der Waals surface area contributed by atoms with Crippen LogP contribution in [-0.4, -0.2) is 63.7 Å². The van der Waals surface area contributed by atoms with Crippen molar-refractivity contribution in [2.45, 2.75) is 32.9 Å². The fourth-order valence-electron chi connectivity index (χ4n) is 3.45. The molecule has 1 fully saturated rings. The molecular weight excluding hydrogens is 360 g/mol. The predicted octanol–water partition coefficient (Wildman–Crippen LogP) is 0.845. The van der Waals surface area contributed by atoms with Crippen molar-refractivity contribution in [2.75, 3.05) is 39.5 Å². The van der Waals surface area contributed by atoms with Crippen LogP contribution in [0.3, 0.4) is 0 Å². The number of aliphatic imine (C=N–C) groups is 1. The van der Waals surface area contributed by atoms with Crippen LogP contribution in [0.2, 0.25) is 0 Å². The number of rotatable bonds is 9. The summed E-state index contributed by atoms with van der Waals surface area (Å²) in [4.78, 5) is 30.3. The normalized spacial score (nSPS) is 17.4. The zero-order chi connectivity index (χ0) is 20.4. The monoisotopic (exact) mass is 391 g/mol. The standard InChI is InChI=1S/C21H30N2O5/c1-4-27-20(24)18(21(25)28-5-2)15-22-16(3)19(17-9-7-6-8-10-17)23-11-13-26-14-12-23/h6-10,15-16,18-19H,4-5,11-14H2,1-3H3/p+1/t16-,19-/m1/s1. The Labute approximate surface area is 166 Å². The van der Waals surface area contributed by atoms with Crippen molar-refractivity contribution in [3.63, 3.8) is 0 Å². The number of carbonyl (C=O) groups is 2. The Morgan fingerprint density at radius 2 is 1.68 bits per heavy atom. The van der Waals surface area contributed by atoms with Crippen molar-refractivity contribution in [3.8, 4) is 0 Å². The lowest BCUT2D eigenvalue weighted by molar-refractivity contribution is -0.940. The number of morpholine rings is 1. The highest BCUT2D eigenvalue weighted by atomic mass is 16.6. The number of hydrogen-bond donors (Lipinski definition) is 1. The lowest BCUT2D eigenvalue weighted by Crippen LogP contribution is -3.15. The Morgan fingerprint density at radius 3 is 2.21 bits per heavy atom. The molecule has 0 saturated carbocycles. The topological polar surface area (TPSA) is 78.6 Å². The van der Waals surface area contributed by atoms with E-state index in [1.807, 2.05) is 25.1 Å². The number of esters is 2. The lowest BCUT2D eigenvalue weighted by atomic mass is 9.98. The Hall–Kier alpha value is -2.25. The number of nitrogens with zero attached hydrogens (tertiary/aromatic N) is 1. The van der Waals surface area contributed by atoms with E-state index < -0.39 is 17.9 Å². The van der Waals surface area contributed by atoms with Crippen molar-refractivity contribution >= 4 is 18.2 Å². The number of benzene rings is 1. The number of hydrogen-bond acceptors (Lipinski definition) is 6. The summed E-state index contributed by atoms with van der Waals surface area (Å²) in [6.45, 7) is 9.00. The zero-order valence-corrected chi connectivity index (χ0v) is 16.9. The van der Waals surface area contributed by atoms with Gasteiger partial charge in [-0.15, -0.1) is 0 Å². The Balaban J connectivity index is 2.22. The molecule has 1 saturated heterocycles. The molecule has 0 amide bonds. The van der Waals surface area contributed by atoms with E-state index in [0.29, 0.717) is 13.2 Å². The van der Waals surface area contributed by atoms with Crippen LogP contribution in [0.25, 0.3) is 0 Å². The van der Waals surface area contributed by atoms with Crippen LogP contribution in [-0.2, 0) is 23.8 Å². The van der Waals surface area contributed by atoms with Gasteiger partial charge in [-0.2, -0.15) is 0 Å². The third kappa shape index (κ3) is 6.14. The summed E-state index contributed by atoms with van der Waals surface area (Å²) in [5, 5.41) is 0. The first-order valence-corrected chi connectivity index (χ1v) is 9.92. The highest BCUT2D eigenvalue weighted by molar-refractivity contribution is 6.09. The number of carbonyl (C=O) groups excluding carboxylic acids is 2. The highest BCUT2D eigenvalue weighted by Crippen LogP contribution is 2.17. The molecule has 0 bridgehead atoms. The molecule has 0 aromatic heterocycles. The molecule has 1 aliphatic rings. The van der Waals surface area contributed by atoms with Crippen molar-refractivity contribution < 1.29 is 28.7 Å². The zero-order valence-electron chi connectivity index (χ0n) is 16.9. The van der Waals surface area contributed by atoms with E-state index in [-0.39, 0.29) is 25.3 Å². The predicted molar refractivity (Wildman–Crippen MR) is 105 cm³/mol. The summed E-state index contributed by atoms with van der Waals surface area (Å²) in [5.41, 5.74) is 1.17. The number of nitrogens with one attached hydrogen (secondary N) is 1. The second kappa shape index (κ2) is 11.6. The smallest absolute Gasteiger partial charge is 0.325 e. The average Bonchev–Trinajstić information content (AvgIpc) is 2.70. The SMILES string of the molecule is CCOC(=O)C(C=N[C@H](C)[C@H](c1ccccc1)[NH+]1CCOCC1)C(=O)OCC. The van der Waals surface area contributed by atoms with Gasteiger partial charge < -0.3 is 19.1 Å². The second-order valence-corrected chi connectivity index (χ2v) is 6.68. The highest BCUT2D eigenvalue weighted by Gasteiger charge is 2.33. The van der Waals surface area contributed by atoms with Gasteiger partial charge in [-0.1, -0.05) is 30.3 Å². The Morgan fingerprint density at radius 1 is 1.11 bits per heavy atom. The van der Waals surface area contributed by atoms with Crippen LogP contribution in [0.15, 0.2) is 35.3 Å². The molecule has 0 aliphatic carbocycles. The van der Waals surface area contributed by atoms with Crippen molar-refractivity contribution in [1.29, 1.82) is 0 Å². The summed E-state index contributed by atoms with van der Waals surface area (Å²) in [5.74, 6) is -2.41. The van der Waals surface area contributed by atoms with E-state index in [2.05, 4.69) is 17.1 Å². The third-order valence-corrected chi connectivity index (χ3v) is 4.77. The molecule has 1 aromatic rings. The molecule has 2 rings (SSSR count). The van der Waals surface area contributed by atoms with Gasteiger partial charge in [0.2, 0.25) is 0 Å². The molecule has 1 aliphatic heterocycles. The van der Waals surface area contributed by atoms with Gasteiger partial charge >= 0.3 is 11.9 Å². The van der Waals surface area contributed by atoms with Crippen LogP contribution in [0.1, 0.15) is 32.4 Å². The van der Waals surface area contributed by atoms with Gasteiger partial charge in [-0.05, 0) is 20.8 Å². The average molecular weight is 391 g/mol. The summed E-state index contributed by atoms with van der Waals surface area (Å²) in [7, 11) is 0. The maximum atomic E-state index is 12.2. The van der Waals surface area contributed by atoms with Gasteiger partial charge in [0.15, 0.2) is 5.92 Å². The van der Waals surface area contributed by atoms with Crippen LogP contribution >= 0.6 is 0 Å². The molecule has 28 heavy (non-hydrogen) atoms. The molecule has 7 nitrogen and oxygen atoms in total. The first kappa shape index (κ1) is 22.0. The summed E-state index contributed by atoms with van der Waals surface area (Å²) < 4.78 is 15.5. The third-order valence-electron chi connectivity index (χ3n) is 4.77. The van der Waals surface area contributed by atoms with Crippen LogP contribution < -0.4 is 4.90 Å². The summed E-state index contributed by atoms with van der Waals surface area (Å²) in [6.07, 6.45) is 1.39. The van der Waals surface area contributed by atoms with Crippen LogP contribution in [0.4, 0.5) is 0 Å². The Kier molecular flexibility index (Phi) is 9.10. The van der Waals surface area contributed by atoms with Crippen molar-refractivity contribution in [3.05, 3.63) is 35.9 Å². The number of quaternary nitrogens is 1. The fraction of sp³-hybridized carbons (Fsp3) is 0.571. The molecule has 7 heteroatoms. The lowest BCUT2D eigenvalue weighted by Gasteiger charge is -2.34. The van der Waals surface area contributed by atoms with Gasteiger partial charge in [-0.3, -0.25) is 14.6 Å². The van der Waals surface area contributed by atoms with Gasteiger partial charge in [0, 0.05) is 11.8 Å². The van der Waals surface area contributed by atoms with E-state index in [0.717, 1.165) is 13.1 Å². The van der Waals surface area contributed by atoms with Gasteiger partial charge in [0.1, 0.15) is 25.2 Å². The minimum absolute atomic E-state index is 0.103. The molecular formula is C21H31N2O5+. The van der Waals surface area contributed by atoms with Gasteiger partial charge in [0.05, 0.1) is 26.4 Å². The molecule has 1 aromatic carbocycles. The Bertz CT molecular complexity index is 625. The van der Waals surface area contributed by atoms with E-state index in [1.165, 1.54) is 16.7 Å². The molecule has 0 spiro atoms. The maximum Gasteiger partial charge on any atom is 0.325 e. The largest absolute Gasteiger partial charge is 0.465 e. The minimum atomic E-state index is -1.14. The van der Waals surface area contributed by atoms with E-state index in [1.54, 1.807) is 13.8 Å². The molecule has 0 radical (unpaired) electrons. The molecule has 0 unspecified atom stereocenters. The van der Waals surface area contributed by atoms with Gasteiger partial charge in [-0.25, -0.2) is 0 Å². The van der Waals surface area contributed by atoms with Gasteiger partial charge in [0.25, 0.3) is 0 Å². The quantitative estimate of drug-likeness (QED) is 0.384. The van der Waals surface area contributed by atoms with Crippen LogP contribution in [0, 0.1) is 5.92 Å². The summed E-state index contributed by atoms with van der Waals surface area (Å²) >= 11 is 0. The molecule has 2 atom stereocenters. The maximum absolute atomic E-state index is 12.2. The first-order valence-electron chi connectivity index (χ1n) is 9.92. The van der Waals surface area contributed by atoms with E-state index in [4.69, 9.17) is 14.2 Å².